The van der Waals surface area contributed by atoms with E-state index in [4.69, 9.17) is 4.98 Å². The van der Waals surface area contributed by atoms with Crippen LogP contribution in [0, 0.1) is 13.8 Å². The molecular weight excluding hydrogens is 450 g/mol. The molecule has 1 saturated carbocycles. The molecule has 0 bridgehead atoms. The van der Waals surface area contributed by atoms with E-state index >= 15 is 0 Å². The minimum Gasteiger partial charge on any atom is -0.284 e. The maximum atomic E-state index is 13.5. The van der Waals surface area contributed by atoms with Crippen molar-refractivity contribution in [1.82, 2.24) is 24.1 Å². The fourth-order valence-corrected chi connectivity index (χ4v) is 7.01. The van der Waals surface area contributed by atoms with E-state index in [2.05, 4.69) is 10.1 Å². The van der Waals surface area contributed by atoms with Crippen molar-refractivity contribution in [2.45, 2.75) is 69.8 Å². The monoisotopic (exact) mass is 473 g/mol. The average Bonchev–Trinajstić information content (AvgIpc) is 3.46. The number of thiophene rings is 1. The number of aromatic nitrogens is 5. The van der Waals surface area contributed by atoms with Gasteiger partial charge in [0.15, 0.2) is 5.16 Å². The summed E-state index contributed by atoms with van der Waals surface area (Å²) in [6, 6.07) is 1.73. The zero-order valence-electron chi connectivity index (χ0n) is 17.7. The van der Waals surface area contributed by atoms with Gasteiger partial charge in [0.1, 0.15) is 9.84 Å². The van der Waals surface area contributed by atoms with Gasteiger partial charge in [0.25, 0.3) is 11.1 Å². The highest BCUT2D eigenvalue weighted by atomic mass is 32.2. The Labute approximate surface area is 191 Å². The zero-order chi connectivity index (χ0) is 21.7. The molecule has 0 saturated heterocycles. The van der Waals surface area contributed by atoms with E-state index in [0.717, 1.165) is 62.9 Å². The topological polar surface area (TPSA) is 82.2 Å². The van der Waals surface area contributed by atoms with Gasteiger partial charge in [-0.25, -0.2) is 9.97 Å². The molecule has 4 heterocycles. The number of thioether (sulfide) groups is 1. The molecule has 7 nitrogen and oxygen atoms in total. The van der Waals surface area contributed by atoms with Crippen molar-refractivity contribution in [2.75, 3.05) is 0 Å². The number of fused-ring (bicyclic) bond motifs is 2. The van der Waals surface area contributed by atoms with Gasteiger partial charge in [0.05, 0.1) is 11.1 Å². The third-order valence-electron chi connectivity index (χ3n) is 5.88. The van der Waals surface area contributed by atoms with Crippen LogP contribution in [0.5, 0.6) is 0 Å². The summed E-state index contributed by atoms with van der Waals surface area (Å²) >= 11 is 4.51. The van der Waals surface area contributed by atoms with E-state index in [-0.39, 0.29) is 17.2 Å². The van der Waals surface area contributed by atoms with Crippen LogP contribution in [-0.4, -0.2) is 24.1 Å². The Morgan fingerprint density at radius 2 is 1.94 bits per heavy atom. The molecular formula is C21H23N5O2S3. The minimum atomic E-state index is -0.169. The molecule has 1 aliphatic rings. The predicted molar refractivity (Wildman–Crippen MR) is 127 cm³/mol. The van der Waals surface area contributed by atoms with Crippen LogP contribution in [0.3, 0.4) is 0 Å². The van der Waals surface area contributed by atoms with Crippen LogP contribution in [0.2, 0.25) is 0 Å². The average molecular weight is 474 g/mol. The van der Waals surface area contributed by atoms with Crippen molar-refractivity contribution in [3.63, 3.8) is 0 Å². The first-order chi connectivity index (χ1) is 15.0. The first-order valence-corrected chi connectivity index (χ1v) is 13.1. The number of aryl methyl sites for hydroxylation is 3. The van der Waals surface area contributed by atoms with Gasteiger partial charge in [-0.05, 0) is 38.7 Å². The van der Waals surface area contributed by atoms with Gasteiger partial charge in [-0.2, -0.15) is 9.61 Å². The molecule has 1 aliphatic carbocycles. The molecule has 0 N–H and O–H groups in total. The third-order valence-corrected chi connectivity index (χ3v) is 9.02. The van der Waals surface area contributed by atoms with Gasteiger partial charge in [0.2, 0.25) is 4.96 Å². The van der Waals surface area contributed by atoms with Gasteiger partial charge in [-0.1, -0.05) is 42.9 Å². The summed E-state index contributed by atoms with van der Waals surface area (Å²) in [4.78, 5) is 38.0. The van der Waals surface area contributed by atoms with E-state index in [0.29, 0.717) is 16.4 Å². The number of hydrogen-bond acceptors (Lipinski definition) is 8. The summed E-state index contributed by atoms with van der Waals surface area (Å²) in [6.07, 6.45) is 5.07. The molecule has 5 rings (SSSR count). The Morgan fingerprint density at radius 1 is 1.16 bits per heavy atom. The predicted octanol–water partition coefficient (Wildman–Crippen LogP) is 4.51. The van der Waals surface area contributed by atoms with Crippen molar-refractivity contribution < 1.29 is 0 Å². The quantitative estimate of drug-likeness (QED) is 0.313. The number of hydrogen-bond donors (Lipinski definition) is 0. The lowest BCUT2D eigenvalue weighted by atomic mass is 10.2. The van der Waals surface area contributed by atoms with Crippen LogP contribution >= 0.6 is 34.4 Å². The molecule has 0 unspecified atom stereocenters. The number of rotatable bonds is 5. The summed E-state index contributed by atoms with van der Waals surface area (Å²) in [5.41, 5.74) is 1.63. The molecule has 0 spiro atoms. The summed E-state index contributed by atoms with van der Waals surface area (Å²) in [7, 11) is 0. The third kappa shape index (κ3) is 3.64. The molecule has 0 radical (unpaired) electrons. The molecule has 0 amide bonds. The Kier molecular flexibility index (Phi) is 5.47. The lowest BCUT2D eigenvalue weighted by molar-refractivity contribution is 0.458. The van der Waals surface area contributed by atoms with Crippen LogP contribution in [0.1, 0.15) is 59.8 Å². The van der Waals surface area contributed by atoms with Crippen LogP contribution in [0.4, 0.5) is 0 Å². The SMILES string of the molecule is CCc1nn2c(=O)cc(CSc3nc4sc(C)c(C)c4c(=O)n3C3CCCC3)nc2s1. The maximum Gasteiger partial charge on any atom is 0.275 e. The molecule has 0 atom stereocenters. The van der Waals surface area contributed by atoms with E-state index in [1.54, 1.807) is 11.3 Å². The lowest BCUT2D eigenvalue weighted by Gasteiger charge is -2.18. The summed E-state index contributed by atoms with van der Waals surface area (Å²) < 4.78 is 3.28. The van der Waals surface area contributed by atoms with E-state index in [1.165, 1.54) is 33.7 Å². The molecule has 4 aromatic heterocycles. The Morgan fingerprint density at radius 3 is 2.68 bits per heavy atom. The fraction of sp³-hybridized carbons (Fsp3) is 0.476. The second kappa shape index (κ2) is 8.14. The highest BCUT2D eigenvalue weighted by Gasteiger charge is 2.25. The van der Waals surface area contributed by atoms with Gasteiger partial charge in [-0.15, -0.1) is 11.3 Å². The summed E-state index contributed by atoms with van der Waals surface area (Å²) in [5, 5.41) is 6.68. The van der Waals surface area contributed by atoms with Crippen LogP contribution in [-0.2, 0) is 12.2 Å². The molecule has 0 aliphatic heterocycles. The van der Waals surface area contributed by atoms with Crippen molar-refractivity contribution >= 4 is 49.6 Å². The maximum absolute atomic E-state index is 13.5. The minimum absolute atomic E-state index is 0.0692. The Bertz CT molecular complexity index is 1410. The summed E-state index contributed by atoms with van der Waals surface area (Å²) in [6.45, 7) is 6.06. The molecule has 0 aromatic carbocycles. The lowest BCUT2D eigenvalue weighted by Crippen LogP contribution is -2.26. The standard InChI is InChI=1S/C21H23N5O2S3/c1-4-15-24-26-16(27)9-13(22-21(26)31-15)10-29-20-23-18-17(11(2)12(3)30-18)19(28)25(20)14-7-5-6-8-14/h9,14H,4-8,10H2,1-3H3. The number of nitrogens with zero attached hydrogens (tertiary/aromatic N) is 5. The second-order valence-electron chi connectivity index (χ2n) is 7.89. The smallest absolute Gasteiger partial charge is 0.275 e. The van der Waals surface area contributed by atoms with E-state index in [1.807, 2.05) is 25.3 Å². The molecule has 31 heavy (non-hydrogen) atoms. The van der Waals surface area contributed by atoms with Crippen molar-refractivity contribution in [1.29, 1.82) is 0 Å². The van der Waals surface area contributed by atoms with Crippen LogP contribution < -0.4 is 11.1 Å². The van der Waals surface area contributed by atoms with Gasteiger partial charge >= 0.3 is 0 Å². The van der Waals surface area contributed by atoms with Crippen molar-refractivity contribution in [3.8, 4) is 0 Å². The van der Waals surface area contributed by atoms with Crippen molar-refractivity contribution in [2.24, 2.45) is 0 Å². The van der Waals surface area contributed by atoms with E-state index < -0.39 is 0 Å². The fourth-order valence-electron chi connectivity index (χ4n) is 4.13. The van der Waals surface area contributed by atoms with E-state index in [9.17, 15) is 9.59 Å². The van der Waals surface area contributed by atoms with Gasteiger partial charge < -0.3 is 0 Å². The molecule has 162 valence electrons. The largest absolute Gasteiger partial charge is 0.284 e. The normalized spacial score (nSPS) is 14.9. The molecule has 4 aromatic rings. The molecule has 10 heteroatoms. The highest BCUT2D eigenvalue weighted by molar-refractivity contribution is 7.98. The van der Waals surface area contributed by atoms with Crippen LogP contribution in [0.15, 0.2) is 20.8 Å². The zero-order valence-corrected chi connectivity index (χ0v) is 20.1. The Balaban J connectivity index is 1.55. The first-order valence-electron chi connectivity index (χ1n) is 10.5. The second-order valence-corrected chi connectivity index (χ2v) is 11.1. The molecule has 1 fully saturated rings. The summed E-state index contributed by atoms with van der Waals surface area (Å²) in [5.74, 6) is 0.485. The van der Waals surface area contributed by atoms with Gasteiger partial charge in [-0.3, -0.25) is 14.2 Å². The highest BCUT2D eigenvalue weighted by Crippen LogP contribution is 2.35. The first kappa shape index (κ1) is 20.8. The van der Waals surface area contributed by atoms with Crippen molar-refractivity contribution in [3.05, 3.63) is 47.9 Å². The van der Waals surface area contributed by atoms with Gasteiger partial charge in [0, 0.05) is 22.7 Å². The Hall–Kier alpha value is -2.04. The van der Waals surface area contributed by atoms with Crippen LogP contribution in [0.25, 0.3) is 15.2 Å².